The normalized spacial score (nSPS) is 52.6. The Morgan fingerprint density at radius 1 is 1.08 bits per heavy atom. The number of carbonyl (C=O) groups is 1. The van der Waals surface area contributed by atoms with Crippen molar-refractivity contribution in [3.05, 3.63) is 23.8 Å². The fraction of sp³-hybridized carbons (Fsp3) is 0.792. The van der Waals surface area contributed by atoms with E-state index in [4.69, 9.17) is 4.74 Å². The van der Waals surface area contributed by atoms with E-state index in [-0.39, 0.29) is 5.60 Å². The highest BCUT2D eigenvalue weighted by Crippen LogP contribution is 2.69. The second-order valence-corrected chi connectivity index (χ2v) is 10.5. The molecule has 2 nitrogen and oxygen atoms in total. The molecule has 0 radical (unpaired) electrons. The molecule has 5 aliphatic carbocycles. The van der Waals surface area contributed by atoms with Crippen LogP contribution in [0.3, 0.4) is 0 Å². The van der Waals surface area contributed by atoms with Gasteiger partial charge in [-0.1, -0.05) is 24.6 Å². The van der Waals surface area contributed by atoms with Crippen LogP contribution in [0.1, 0.15) is 64.7 Å². The van der Waals surface area contributed by atoms with Gasteiger partial charge in [-0.15, -0.1) is 0 Å². The summed E-state index contributed by atoms with van der Waals surface area (Å²) in [5.41, 5.74) is 1.92. The lowest BCUT2D eigenvalue weighted by Gasteiger charge is -2.58. The standard InChI is InChI=1S/C24H32O2/c1-23-10-7-19-18-6-5-17(25)13-16(18)14-20(15-3-4-15)22(19)21(23)8-11-24(23)9-2-12-26-24/h2,9,13,15,18-22H,3-8,10-12,14H2,1H3/t18?,19?,20?,21?,22?,23-,24?/m0/s1. The maximum Gasteiger partial charge on any atom is 0.155 e. The summed E-state index contributed by atoms with van der Waals surface area (Å²) >= 11 is 0. The molecule has 4 fully saturated rings. The highest BCUT2D eigenvalue weighted by molar-refractivity contribution is 5.91. The van der Waals surface area contributed by atoms with E-state index in [9.17, 15) is 4.79 Å². The van der Waals surface area contributed by atoms with Crippen LogP contribution in [-0.2, 0) is 9.53 Å². The van der Waals surface area contributed by atoms with E-state index in [1.807, 2.05) is 0 Å². The third kappa shape index (κ3) is 2.00. The predicted octanol–water partition coefficient (Wildman–Crippen LogP) is 5.09. The summed E-state index contributed by atoms with van der Waals surface area (Å²) in [6.07, 6.45) is 18.1. The van der Waals surface area contributed by atoms with Gasteiger partial charge in [0.25, 0.3) is 0 Å². The quantitative estimate of drug-likeness (QED) is 0.615. The number of rotatable bonds is 1. The monoisotopic (exact) mass is 352 g/mol. The number of allylic oxidation sites excluding steroid dienone is 1. The summed E-state index contributed by atoms with van der Waals surface area (Å²) in [6.45, 7) is 3.39. The van der Waals surface area contributed by atoms with Crippen molar-refractivity contribution in [3.8, 4) is 0 Å². The first kappa shape index (κ1) is 16.1. The van der Waals surface area contributed by atoms with Gasteiger partial charge in [0, 0.05) is 11.8 Å². The molecule has 0 N–H and O–H groups in total. The Hall–Kier alpha value is -0.890. The second-order valence-electron chi connectivity index (χ2n) is 10.5. The molecular formula is C24H32O2. The molecule has 6 rings (SSSR count). The Balaban J connectivity index is 1.40. The van der Waals surface area contributed by atoms with Crippen LogP contribution in [-0.4, -0.2) is 18.0 Å². The molecule has 7 atom stereocenters. The van der Waals surface area contributed by atoms with Crippen LogP contribution < -0.4 is 0 Å². The molecule has 0 aromatic carbocycles. The third-order valence-electron chi connectivity index (χ3n) is 9.63. The van der Waals surface area contributed by atoms with Crippen molar-refractivity contribution < 1.29 is 9.53 Å². The van der Waals surface area contributed by atoms with E-state index in [0.29, 0.717) is 17.1 Å². The molecule has 4 saturated carbocycles. The van der Waals surface area contributed by atoms with Crippen LogP contribution in [0, 0.1) is 40.9 Å². The summed E-state index contributed by atoms with van der Waals surface area (Å²) < 4.78 is 6.42. The lowest BCUT2D eigenvalue weighted by Crippen LogP contribution is -2.54. The van der Waals surface area contributed by atoms with E-state index in [1.165, 1.54) is 44.9 Å². The Bertz CT molecular complexity index is 701. The van der Waals surface area contributed by atoms with E-state index in [2.05, 4.69) is 25.2 Å². The Morgan fingerprint density at radius 2 is 1.96 bits per heavy atom. The van der Waals surface area contributed by atoms with Crippen LogP contribution in [0.15, 0.2) is 23.8 Å². The highest BCUT2D eigenvalue weighted by Gasteiger charge is 2.65. The maximum absolute atomic E-state index is 12.1. The van der Waals surface area contributed by atoms with Crippen LogP contribution in [0.25, 0.3) is 0 Å². The molecule has 0 aromatic rings. The number of ketones is 1. The molecule has 1 spiro atoms. The predicted molar refractivity (Wildman–Crippen MR) is 102 cm³/mol. The molecule has 2 heteroatoms. The van der Waals surface area contributed by atoms with Gasteiger partial charge in [-0.3, -0.25) is 4.79 Å². The van der Waals surface area contributed by atoms with Crippen molar-refractivity contribution in [2.75, 3.05) is 6.61 Å². The Kier molecular flexibility index (Phi) is 3.31. The first-order valence-corrected chi connectivity index (χ1v) is 11.2. The zero-order valence-electron chi connectivity index (χ0n) is 16.1. The molecule has 1 heterocycles. The summed E-state index contributed by atoms with van der Waals surface area (Å²) in [7, 11) is 0. The van der Waals surface area contributed by atoms with Gasteiger partial charge in [0.15, 0.2) is 5.78 Å². The van der Waals surface area contributed by atoms with Gasteiger partial charge in [-0.05, 0) is 93.0 Å². The molecule has 0 bridgehead atoms. The van der Waals surface area contributed by atoms with E-state index in [0.717, 1.165) is 49.0 Å². The number of hydrogen-bond donors (Lipinski definition) is 0. The van der Waals surface area contributed by atoms with Gasteiger partial charge in [0.05, 0.1) is 12.2 Å². The van der Waals surface area contributed by atoms with Crippen molar-refractivity contribution in [2.24, 2.45) is 40.9 Å². The fourth-order valence-corrected chi connectivity index (χ4v) is 8.32. The number of ether oxygens (including phenoxy) is 1. The molecular weight excluding hydrogens is 320 g/mol. The lowest BCUT2D eigenvalue weighted by atomic mass is 9.47. The van der Waals surface area contributed by atoms with Gasteiger partial charge in [0.1, 0.15) is 0 Å². The number of carbonyl (C=O) groups excluding carboxylic acids is 1. The SMILES string of the molecule is C[C@]12CCC3C4CCC(=O)C=C4CC(C4CC4)C3C1CCC21C=CCO1. The molecule has 0 aromatic heterocycles. The van der Waals surface area contributed by atoms with Crippen molar-refractivity contribution >= 4 is 5.78 Å². The smallest absolute Gasteiger partial charge is 0.155 e. The molecule has 140 valence electrons. The van der Waals surface area contributed by atoms with Gasteiger partial charge >= 0.3 is 0 Å². The minimum absolute atomic E-state index is 0.0371. The second kappa shape index (κ2) is 5.34. The molecule has 1 aliphatic heterocycles. The largest absolute Gasteiger partial charge is 0.366 e. The van der Waals surface area contributed by atoms with E-state index >= 15 is 0 Å². The number of hydrogen-bond acceptors (Lipinski definition) is 2. The summed E-state index contributed by atoms with van der Waals surface area (Å²) in [4.78, 5) is 12.1. The average molecular weight is 353 g/mol. The minimum Gasteiger partial charge on any atom is -0.366 e. The van der Waals surface area contributed by atoms with Crippen molar-refractivity contribution in [2.45, 2.75) is 70.3 Å². The molecule has 6 unspecified atom stereocenters. The van der Waals surface area contributed by atoms with Crippen molar-refractivity contribution in [1.82, 2.24) is 0 Å². The first-order chi connectivity index (χ1) is 12.6. The van der Waals surface area contributed by atoms with Gasteiger partial charge < -0.3 is 4.74 Å². The average Bonchev–Trinajstić information content (AvgIpc) is 3.29. The van der Waals surface area contributed by atoms with Gasteiger partial charge in [0.2, 0.25) is 0 Å². The highest BCUT2D eigenvalue weighted by atomic mass is 16.5. The maximum atomic E-state index is 12.1. The zero-order chi connectivity index (χ0) is 17.5. The van der Waals surface area contributed by atoms with E-state index < -0.39 is 0 Å². The van der Waals surface area contributed by atoms with Crippen LogP contribution in [0.4, 0.5) is 0 Å². The van der Waals surface area contributed by atoms with E-state index in [1.54, 1.807) is 5.57 Å². The van der Waals surface area contributed by atoms with Crippen LogP contribution >= 0.6 is 0 Å². The van der Waals surface area contributed by atoms with Gasteiger partial charge in [-0.25, -0.2) is 0 Å². The summed E-state index contributed by atoms with van der Waals surface area (Å²) in [5, 5.41) is 0. The molecule has 0 amide bonds. The van der Waals surface area contributed by atoms with Gasteiger partial charge in [-0.2, -0.15) is 0 Å². The van der Waals surface area contributed by atoms with Crippen molar-refractivity contribution in [1.29, 1.82) is 0 Å². The summed E-state index contributed by atoms with van der Waals surface area (Å²) in [6, 6.07) is 0. The Morgan fingerprint density at radius 3 is 2.73 bits per heavy atom. The summed E-state index contributed by atoms with van der Waals surface area (Å²) in [5.74, 6) is 5.46. The topological polar surface area (TPSA) is 26.3 Å². The third-order valence-corrected chi connectivity index (χ3v) is 9.63. The molecule has 26 heavy (non-hydrogen) atoms. The van der Waals surface area contributed by atoms with Crippen molar-refractivity contribution in [3.63, 3.8) is 0 Å². The molecule has 6 aliphatic rings. The van der Waals surface area contributed by atoms with Crippen LogP contribution in [0.2, 0.25) is 0 Å². The first-order valence-electron chi connectivity index (χ1n) is 11.2. The zero-order valence-corrected chi connectivity index (χ0v) is 16.1. The van der Waals surface area contributed by atoms with Crippen LogP contribution in [0.5, 0.6) is 0 Å². The fourth-order valence-electron chi connectivity index (χ4n) is 8.32. The molecule has 0 saturated heterocycles. The Labute approximate surface area is 157 Å². The number of fused-ring (bicyclic) bond motifs is 6. The lowest BCUT2D eigenvalue weighted by molar-refractivity contribution is -0.126. The minimum atomic E-state index is 0.0371.